The maximum absolute atomic E-state index is 13.4. The zero-order valence-corrected chi connectivity index (χ0v) is 30.1. The third-order valence-corrected chi connectivity index (χ3v) is 8.27. The Morgan fingerprint density at radius 1 is 0.674 bits per heavy atom. The van der Waals surface area contributed by atoms with Crippen LogP contribution in [0.2, 0.25) is 0 Å². The minimum Gasteiger partial charge on any atom is -0.496 e. The van der Waals surface area contributed by atoms with Gasteiger partial charge >= 0.3 is 11.9 Å². The molecule has 8 heteroatoms. The first-order valence-electron chi connectivity index (χ1n) is 15.9. The van der Waals surface area contributed by atoms with Crippen LogP contribution in [0.1, 0.15) is 123 Å². The van der Waals surface area contributed by atoms with Crippen LogP contribution in [0.3, 0.4) is 0 Å². The number of benzene rings is 2. The molecule has 0 N–H and O–H groups in total. The van der Waals surface area contributed by atoms with Crippen LogP contribution in [-0.4, -0.2) is 38.4 Å². The van der Waals surface area contributed by atoms with Gasteiger partial charge in [-0.2, -0.15) is 0 Å². The smallest absolute Gasteiger partial charge is 0.314 e. The summed E-state index contributed by atoms with van der Waals surface area (Å²) in [6.07, 6.45) is 4.86. The zero-order chi connectivity index (χ0) is 35.1. The van der Waals surface area contributed by atoms with E-state index in [9.17, 15) is 14.4 Å². The number of carbonyl (C=O) groups excluding carboxylic acids is 3. The second-order valence-corrected chi connectivity index (χ2v) is 14.8. The molecule has 8 nitrogen and oxygen atoms in total. The fourth-order valence-corrected chi connectivity index (χ4v) is 4.28. The van der Waals surface area contributed by atoms with Gasteiger partial charge in [-0.15, -0.1) is 0 Å². The summed E-state index contributed by atoms with van der Waals surface area (Å²) in [5.41, 5.74) is 1.09. The number of ketones is 1. The fourth-order valence-electron chi connectivity index (χ4n) is 4.28. The van der Waals surface area contributed by atoms with Crippen molar-refractivity contribution in [1.82, 2.24) is 0 Å². The minimum absolute atomic E-state index is 0.224. The molecular formula is C38H54O8. The van der Waals surface area contributed by atoms with Crippen molar-refractivity contribution < 1.29 is 38.1 Å². The van der Waals surface area contributed by atoms with Crippen LogP contribution in [0.4, 0.5) is 0 Å². The number of allylic oxidation sites excluding steroid dienone is 1. The lowest BCUT2D eigenvalue weighted by Crippen LogP contribution is -2.26. The normalized spacial score (nSPS) is 12.5. The number of hydrogen-bond donors (Lipinski definition) is 0. The lowest BCUT2D eigenvalue weighted by atomic mass is 9.74. The Kier molecular flexibility index (Phi) is 12.7. The largest absolute Gasteiger partial charge is 0.496 e. The van der Waals surface area contributed by atoms with Crippen molar-refractivity contribution in [2.45, 2.75) is 107 Å². The molecule has 0 atom stereocenters. The van der Waals surface area contributed by atoms with E-state index in [1.165, 1.54) is 6.08 Å². The van der Waals surface area contributed by atoms with E-state index in [-0.39, 0.29) is 42.1 Å². The third kappa shape index (κ3) is 9.84. The second-order valence-electron chi connectivity index (χ2n) is 14.8. The second kappa shape index (κ2) is 15.2. The van der Waals surface area contributed by atoms with Crippen molar-refractivity contribution in [3.8, 4) is 17.2 Å². The SMILES string of the molecule is CCC(C)(C)c1cc(C(C)(C)CC)c(OCOC(=O)C(C)(C)C)c(C=CC(=O)c2ccc(OCOC(=O)C(C)(C)C)cc2)c1OC. The van der Waals surface area contributed by atoms with Crippen LogP contribution in [0.5, 0.6) is 17.2 Å². The lowest BCUT2D eigenvalue weighted by Gasteiger charge is -2.33. The summed E-state index contributed by atoms with van der Waals surface area (Å²) in [7, 11) is 1.61. The summed E-state index contributed by atoms with van der Waals surface area (Å²) in [4.78, 5) is 37.9. The number of rotatable bonds is 14. The predicted octanol–water partition coefficient (Wildman–Crippen LogP) is 8.82. The summed E-state index contributed by atoms with van der Waals surface area (Å²) < 4.78 is 28.4. The average Bonchev–Trinajstić information content (AvgIpc) is 2.98. The molecule has 46 heavy (non-hydrogen) atoms. The van der Waals surface area contributed by atoms with Crippen molar-refractivity contribution >= 4 is 23.8 Å². The quantitative estimate of drug-likeness (QED) is 0.0876. The predicted molar refractivity (Wildman–Crippen MR) is 182 cm³/mol. The van der Waals surface area contributed by atoms with Crippen LogP contribution in [-0.2, 0) is 29.9 Å². The Morgan fingerprint density at radius 3 is 1.57 bits per heavy atom. The van der Waals surface area contributed by atoms with Crippen molar-refractivity contribution in [3.63, 3.8) is 0 Å². The van der Waals surface area contributed by atoms with E-state index in [0.29, 0.717) is 28.4 Å². The third-order valence-electron chi connectivity index (χ3n) is 8.27. The van der Waals surface area contributed by atoms with Crippen molar-refractivity contribution in [2.75, 3.05) is 20.7 Å². The van der Waals surface area contributed by atoms with Gasteiger partial charge in [0.15, 0.2) is 5.78 Å². The summed E-state index contributed by atoms with van der Waals surface area (Å²) in [6.45, 7) is 23.0. The molecule has 0 saturated carbocycles. The van der Waals surface area contributed by atoms with E-state index in [1.54, 1.807) is 79.0 Å². The molecule has 2 aromatic carbocycles. The maximum Gasteiger partial charge on any atom is 0.314 e. The van der Waals surface area contributed by atoms with E-state index in [4.69, 9.17) is 23.7 Å². The highest BCUT2D eigenvalue weighted by Gasteiger charge is 2.33. The molecule has 0 radical (unpaired) electrons. The molecule has 0 aliphatic carbocycles. The van der Waals surface area contributed by atoms with Gasteiger partial charge < -0.3 is 23.7 Å². The molecule has 0 spiro atoms. The van der Waals surface area contributed by atoms with E-state index in [1.807, 2.05) is 0 Å². The molecule has 0 saturated heterocycles. The van der Waals surface area contributed by atoms with Crippen LogP contribution < -0.4 is 14.2 Å². The lowest BCUT2D eigenvalue weighted by molar-refractivity contribution is -0.160. The summed E-state index contributed by atoms with van der Waals surface area (Å²) in [5, 5.41) is 0. The molecule has 2 rings (SSSR count). The molecule has 0 unspecified atom stereocenters. The molecule has 0 fully saturated rings. The van der Waals surface area contributed by atoms with Crippen LogP contribution >= 0.6 is 0 Å². The highest BCUT2D eigenvalue weighted by atomic mass is 16.7. The first kappa shape index (κ1) is 38.4. The van der Waals surface area contributed by atoms with E-state index in [2.05, 4.69) is 47.6 Å². The Morgan fingerprint density at radius 2 is 1.13 bits per heavy atom. The summed E-state index contributed by atoms with van der Waals surface area (Å²) in [6, 6.07) is 8.73. The average molecular weight is 639 g/mol. The van der Waals surface area contributed by atoms with Gasteiger partial charge in [-0.05, 0) is 108 Å². The molecule has 0 amide bonds. The number of carbonyl (C=O) groups is 3. The van der Waals surface area contributed by atoms with Gasteiger partial charge in [0.05, 0.1) is 23.5 Å². The van der Waals surface area contributed by atoms with Gasteiger partial charge in [-0.3, -0.25) is 14.4 Å². The monoisotopic (exact) mass is 638 g/mol. The summed E-state index contributed by atoms with van der Waals surface area (Å²) in [5.74, 6) is 0.564. The Hall–Kier alpha value is -3.81. The Balaban J connectivity index is 2.54. The van der Waals surface area contributed by atoms with E-state index >= 15 is 0 Å². The molecule has 0 heterocycles. The van der Waals surface area contributed by atoms with Gasteiger partial charge in [0.2, 0.25) is 13.6 Å². The van der Waals surface area contributed by atoms with Gasteiger partial charge in [0, 0.05) is 16.7 Å². The fraction of sp³-hybridized carbons (Fsp3) is 0.553. The number of esters is 2. The maximum atomic E-state index is 13.4. The highest BCUT2D eigenvalue weighted by molar-refractivity contribution is 6.07. The Bertz CT molecular complexity index is 1400. The molecule has 0 aromatic heterocycles. The summed E-state index contributed by atoms with van der Waals surface area (Å²) >= 11 is 0. The van der Waals surface area contributed by atoms with Crippen LogP contribution in [0.15, 0.2) is 36.4 Å². The molecule has 254 valence electrons. The number of methoxy groups -OCH3 is 1. The van der Waals surface area contributed by atoms with Gasteiger partial charge in [-0.25, -0.2) is 0 Å². The van der Waals surface area contributed by atoms with E-state index < -0.39 is 10.8 Å². The van der Waals surface area contributed by atoms with Gasteiger partial charge in [0.1, 0.15) is 17.2 Å². The van der Waals surface area contributed by atoms with Crippen LogP contribution in [0.25, 0.3) is 6.08 Å². The van der Waals surface area contributed by atoms with Crippen molar-refractivity contribution in [3.05, 3.63) is 58.7 Å². The van der Waals surface area contributed by atoms with Gasteiger partial charge in [-0.1, -0.05) is 41.5 Å². The van der Waals surface area contributed by atoms with Crippen LogP contribution in [0, 0.1) is 10.8 Å². The van der Waals surface area contributed by atoms with Gasteiger partial charge in [0.25, 0.3) is 0 Å². The molecule has 0 aliphatic rings. The van der Waals surface area contributed by atoms with E-state index in [0.717, 1.165) is 24.0 Å². The molecule has 0 aliphatic heterocycles. The molecular weight excluding hydrogens is 584 g/mol. The highest BCUT2D eigenvalue weighted by Crippen LogP contribution is 2.47. The first-order valence-corrected chi connectivity index (χ1v) is 15.9. The topological polar surface area (TPSA) is 97.4 Å². The first-order chi connectivity index (χ1) is 21.2. The standard InChI is InChI=1S/C38H54O8/c1-14-37(9,10)28-22-29(38(11,12)15-2)32(44-24-46-34(41)36(6,7)8)27(31(28)42-13)20-21-30(39)25-16-18-26(19-17-25)43-23-45-33(40)35(3,4)5/h16-22H,14-15,23-24H2,1-13H3. The molecule has 2 aromatic rings. The number of ether oxygens (including phenoxy) is 5. The number of hydrogen-bond acceptors (Lipinski definition) is 8. The molecule has 0 bridgehead atoms. The van der Waals surface area contributed by atoms with Crippen molar-refractivity contribution in [1.29, 1.82) is 0 Å². The zero-order valence-electron chi connectivity index (χ0n) is 30.1. The van der Waals surface area contributed by atoms with Crippen molar-refractivity contribution in [2.24, 2.45) is 10.8 Å². The Labute approximate surface area is 275 Å². The minimum atomic E-state index is -0.686.